The number of nitrogens with zero attached hydrogens (tertiary/aromatic N) is 2. The van der Waals surface area contributed by atoms with E-state index < -0.39 is 0 Å². The maximum absolute atomic E-state index is 12.7. The Labute approximate surface area is 208 Å². The average Bonchev–Trinajstić information content (AvgIpc) is 3.13. The van der Waals surface area contributed by atoms with Crippen LogP contribution in [-0.2, 0) is 6.42 Å². The standard InChI is InChI=1S/C29H36N2O4/c1-3-15-30(22-16-25-26(34-2)9-6-10-27(25)35-19-22)17-20-11-13-21(14-12-20)18-31-28(32)23-7-4-5-8-24(23)29(31)33/h4-10,20-22H,3,11-19H2,1-2H3. The van der Waals surface area contributed by atoms with E-state index in [9.17, 15) is 9.59 Å². The Morgan fingerprint density at radius 3 is 2.31 bits per heavy atom. The largest absolute Gasteiger partial charge is 0.496 e. The van der Waals surface area contributed by atoms with Crippen molar-refractivity contribution >= 4 is 11.8 Å². The predicted octanol–water partition coefficient (Wildman–Crippen LogP) is 4.81. The highest BCUT2D eigenvalue weighted by molar-refractivity contribution is 6.21. The van der Waals surface area contributed by atoms with Crippen LogP contribution >= 0.6 is 0 Å². The quantitative estimate of drug-likeness (QED) is 0.512. The molecule has 0 N–H and O–H groups in total. The highest BCUT2D eigenvalue weighted by atomic mass is 16.5. The second kappa shape index (κ2) is 10.4. The Hall–Kier alpha value is -2.86. The molecule has 0 radical (unpaired) electrons. The lowest BCUT2D eigenvalue weighted by atomic mass is 9.81. The maximum atomic E-state index is 12.7. The van der Waals surface area contributed by atoms with E-state index in [0.29, 0.717) is 35.5 Å². The number of methoxy groups -OCH3 is 1. The van der Waals surface area contributed by atoms with Crippen LogP contribution in [0.5, 0.6) is 11.5 Å². The molecule has 2 amide bonds. The number of fused-ring (bicyclic) bond motifs is 2. The first-order chi connectivity index (χ1) is 17.1. The average molecular weight is 477 g/mol. The summed E-state index contributed by atoms with van der Waals surface area (Å²) >= 11 is 0. The van der Waals surface area contributed by atoms with Crippen LogP contribution in [0.3, 0.4) is 0 Å². The Morgan fingerprint density at radius 2 is 1.66 bits per heavy atom. The molecule has 0 saturated heterocycles. The fraction of sp³-hybridized carbons (Fsp3) is 0.517. The van der Waals surface area contributed by atoms with E-state index in [1.54, 1.807) is 19.2 Å². The lowest BCUT2D eigenvalue weighted by Gasteiger charge is -2.39. The Kier molecular flexibility index (Phi) is 7.09. The van der Waals surface area contributed by atoms with Crippen LogP contribution in [0.15, 0.2) is 42.5 Å². The zero-order valence-electron chi connectivity index (χ0n) is 20.9. The van der Waals surface area contributed by atoms with E-state index in [4.69, 9.17) is 9.47 Å². The van der Waals surface area contributed by atoms with Crippen LogP contribution in [0.1, 0.15) is 65.3 Å². The van der Waals surface area contributed by atoms with Crippen LogP contribution in [0.4, 0.5) is 0 Å². The highest BCUT2D eigenvalue weighted by Crippen LogP contribution is 2.36. The van der Waals surface area contributed by atoms with Crippen molar-refractivity contribution in [2.24, 2.45) is 11.8 Å². The molecular formula is C29H36N2O4. The number of hydrogen-bond donors (Lipinski definition) is 0. The summed E-state index contributed by atoms with van der Waals surface area (Å²) in [6, 6.07) is 13.6. The molecule has 6 heteroatoms. The fourth-order valence-corrected chi connectivity index (χ4v) is 6.09. The fourth-order valence-electron chi connectivity index (χ4n) is 6.09. The zero-order valence-corrected chi connectivity index (χ0v) is 20.9. The zero-order chi connectivity index (χ0) is 24.4. The normalized spacial score (nSPS) is 23.7. The van der Waals surface area contributed by atoms with Crippen LogP contribution in [0.25, 0.3) is 0 Å². The van der Waals surface area contributed by atoms with Gasteiger partial charge in [-0.15, -0.1) is 0 Å². The van der Waals surface area contributed by atoms with Gasteiger partial charge in [0.1, 0.15) is 18.1 Å². The number of hydrogen-bond acceptors (Lipinski definition) is 5. The lowest BCUT2D eigenvalue weighted by Crippen LogP contribution is -2.46. The van der Waals surface area contributed by atoms with Crippen molar-refractivity contribution < 1.29 is 19.1 Å². The molecule has 2 heterocycles. The first kappa shape index (κ1) is 23.9. The third kappa shape index (κ3) is 4.81. The van der Waals surface area contributed by atoms with E-state index >= 15 is 0 Å². The minimum atomic E-state index is -0.130. The van der Waals surface area contributed by atoms with Gasteiger partial charge in [-0.1, -0.05) is 25.1 Å². The van der Waals surface area contributed by atoms with Gasteiger partial charge in [-0.3, -0.25) is 19.4 Å². The SMILES string of the molecule is CCCN(CC1CCC(CN2C(=O)c3ccccc3C2=O)CC1)C1COc2cccc(OC)c2C1. The van der Waals surface area contributed by atoms with E-state index in [2.05, 4.69) is 11.8 Å². The van der Waals surface area contributed by atoms with E-state index in [1.807, 2.05) is 30.3 Å². The molecule has 0 aromatic heterocycles. The number of benzene rings is 2. The van der Waals surface area contributed by atoms with Gasteiger partial charge in [-0.2, -0.15) is 0 Å². The van der Waals surface area contributed by atoms with Crippen LogP contribution in [0.2, 0.25) is 0 Å². The van der Waals surface area contributed by atoms with Gasteiger partial charge in [-0.05, 0) is 81.2 Å². The van der Waals surface area contributed by atoms with Gasteiger partial charge in [0.25, 0.3) is 11.8 Å². The Morgan fingerprint density at radius 1 is 0.971 bits per heavy atom. The van der Waals surface area contributed by atoms with Crippen molar-refractivity contribution in [1.29, 1.82) is 0 Å². The Balaban J connectivity index is 1.16. The molecule has 6 nitrogen and oxygen atoms in total. The first-order valence-corrected chi connectivity index (χ1v) is 13.1. The maximum Gasteiger partial charge on any atom is 0.261 e. The van der Waals surface area contributed by atoms with Gasteiger partial charge in [0.15, 0.2) is 0 Å². The van der Waals surface area contributed by atoms with Crippen LogP contribution in [-0.4, -0.2) is 61.0 Å². The molecular weight excluding hydrogens is 440 g/mol. The molecule has 1 unspecified atom stereocenters. The molecule has 1 saturated carbocycles. The summed E-state index contributed by atoms with van der Waals surface area (Å²) in [5, 5.41) is 0. The van der Waals surface area contributed by atoms with E-state index in [1.165, 1.54) is 10.5 Å². The predicted molar refractivity (Wildman–Crippen MR) is 135 cm³/mol. The minimum absolute atomic E-state index is 0.130. The van der Waals surface area contributed by atoms with E-state index in [0.717, 1.165) is 69.7 Å². The number of amides is 2. The summed E-state index contributed by atoms with van der Waals surface area (Å²) < 4.78 is 11.7. The summed E-state index contributed by atoms with van der Waals surface area (Å²) in [6.07, 6.45) is 6.48. The lowest BCUT2D eigenvalue weighted by molar-refractivity contribution is 0.0591. The molecule has 2 aromatic rings. The smallest absolute Gasteiger partial charge is 0.261 e. The van der Waals surface area contributed by atoms with Crippen molar-refractivity contribution in [1.82, 2.24) is 9.80 Å². The summed E-state index contributed by atoms with van der Waals surface area (Å²) in [4.78, 5) is 29.6. The summed E-state index contributed by atoms with van der Waals surface area (Å²) in [6.45, 7) is 5.64. The second-order valence-electron chi connectivity index (χ2n) is 10.3. The number of carbonyl (C=O) groups is 2. The summed E-state index contributed by atoms with van der Waals surface area (Å²) in [5.74, 6) is 2.63. The Bertz CT molecular complexity index is 1030. The molecule has 2 aromatic carbocycles. The number of rotatable bonds is 8. The van der Waals surface area contributed by atoms with E-state index in [-0.39, 0.29) is 11.8 Å². The molecule has 0 spiro atoms. The monoisotopic (exact) mass is 476 g/mol. The van der Waals surface area contributed by atoms with Gasteiger partial charge < -0.3 is 9.47 Å². The molecule has 35 heavy (non-hydrogen) atoms. The molecule has 5 rings (SSSR count). The topological polar surface area (TPSA) is 59.1 Å². The highest BCUT2D eigenvalue weighted by Gasteiger charge is 2.37. The molecule has 186 valence electrons. The van der Waals surface area contributed by atoms with Gasteiger partial charge in [0.05, 0.1) is 18.2 Å². The van der Waals surface area contributed by atoms with Gasteiger partial charge in [0, 0.05) is 24.7 Å². The molecule has 1 fully saturated rings. The summed E-state index contributed by atoms with van der Waals surface area (Å²) in [5.41, 5.74) is 2.28. The molecule has 0 bridgehead atoms. The third-order valence-corrected chi connectivity index (χ3v) is 7.99. The second-order valence-corrected chi connectivity index (χ2v) is 10.3. The van der Waals surface area contributed by atoms with Crippen molar-refractivity contribution in [2.75, 3.05) is 33.4 Å². The molecule has 1 atom stereocenters. The van der Waals surface area contributed by atoms with Crippen LogP contribution in [0, 0.1) is 11.8 Å². The third-order valence-electron chi connectivity index (χ3n) is 7.99. The first-order valence-electron chi connectivity index (χ1n) is 13.1. The summed E-state index contributed by atoms with van der Waals surface area (Å²) in [7, 11) is 1.73. The molecule has 3 aliphatic rings. The van der Waals surface area contributed by atoms with Crippen molar-refractivity contribution in [2.45, 2.75) is 51.5 Å². The van der Waals surface area contributed by atoms with Gasteiger partial charge in [0.2, 0.25) is 0 Å². The molecule has 2 aliphatic heterocycles. The number of imide groups is 1. The molecule has 1 aliphatic carbocycles. The van der Waals surface area contributed by atoms with Crippen molar-refractivity contribution in [3.63, 3.8) is 0 Å². The minimum Gasteiger partial charge on any atom is -0.496 e. The van der Waals surface area contributed by atoms with Crippen molar-refractivity contribution in [3.8, 4) is 11.5 Å². The van der Waals surface area contributed by atoms with Gasteiger partial charge in [-0.25, -0.2) is 0 Å². The number of carbonyl (C=O) groups excluding carboxylic acids is 2. The van der Waals surface area contributed by atoms with Gasteiger partial charge >= 0.3 is 0 Å². The van der Waals surface area contributed by atoms with Crippen molar-refractivity contribution in [3.05, 3.63) is 59.2 Å². The van der Waals surface area contributed by atoms with Crippen LogP contribution < -0.4 is 9.47 Å². The number of ether oxygens (including phenoxy) is 2.